The van der Waals surface area contributed by atoms with Crippen LogP contribution in [0.25, 0.3) is 0 Å². The molecule has 1 aromatic carbocycles. The van der Waals surface area contributed by atoms with E-state index in [0.717, 1.165) is 51.6 Å². The van der Waals surface area contributed by atoms with Gasteiger partial charge >= 0.3 is 0 Å². The lowest BCUT2D eigenvalue weighted by molar-refractivity contribution is -0.121. The van der Waals surface area contributed by atoms with Crippen LogP contribution in [0.3, 0.4) is 0 Å². The van der Waals surface area contributed by atoms with Crippen LogP contribution in [0.5, 0.6) is 0 Å². The van der Waals surface area contributed by atoms with E-state index in [2.05, 4.69) is 36.2 Å². The maximum atomic E-state index is 12.5. The average molecular weight is 351 g/mol. The highest BCUT2D eigenvalue weighted by Crippen LogP contribution is 2.24. The first kappa shape index (κ1) is 19.3. The van der Waals surface area contributed by atoms with Crippen molar-refractivity contribution in [2.45, 2.75) is 31.3 Å². The van der Waals surface area contributed by atoms with Gasteiger partial charge in [0.1, 0.15) is 0 Å². The molecule has 0 aliphatic carbocycles. The standard InChI is InChI=1S/C19H30N2O2S/c1-16(2)18(24-15-17-7-4-3-5-8-17)19(22)20-9-6-10-21-11-13-23-14-12-21/h3-5,7-8,16,18H,6,9-15H2,1-2H3,(H,20,22). The van der Waals surface area contributed by atoms with E-state index in [9.17, 15) is 4.79 Å². The van der Waals surface area contributed by atoms with E-state index in [1.165, 1.54) is 5.56 Å². The van der Waals surface area contributed by atoms with Crippen molar-refractivity contribution in [2.75, 3.05) is 39.4 Å². The molecule has 1 saturated heterocycles. The van der Waals surface area contributed by atoms with Crippen LogP contribution in [0, 0.1) is 5.92 Å². The number of hydrogen-bond donors (Lipinski definition) is 1. The van der Waals surface area contributed by atoms with Crippen molar-refractivity contribution in [3.05, 3.63) is 35.9 Å². The van der Waals surface area contributed by atoms with E-state index in [1.54, 1.807) is 11.8 Å². The lowest BCUT2D eigenvalue weighted by atomic mass is 10.1. The minimum atomic E-state index is 0.00796. The minimum Gasteiger partial charge on any atom is -0.379 e. The predicted octanol–water partition coefficient (Wildman–Crippen LogP) is 2.78. The molecule has 1 aromatic rings. The summed E-state index contributed by atoms with van der Waals surface area (Å²) in [4.78, 5) is 14.9. The Morgan fingerprint density at radius 3 is 2.62 bits per heavy atom. The molecule has 1 heterocycles. The number of carbonyl (C=O) groups is 1. The molecule has 24 heavy (non-hydrogen) atoms. The largest absolute Gasteiger partial charge is 0.379 e. The SMILES string of the molecule is CC(C)C(SCc1ccccc1)C(=O)NCCCN1CCOCC1. The number of ether oxygens (including phenoxy) is 1. The number of amides is 1. The second-order valence-corrected chi connectivity index (χ2v) is 7.69. The summed E-state index contributed by atoms with van der Waals surface area (Å²) in [7, 11) is 0. The first-order chi connectivity index (χ1) is 11.7. The van der Waals surface area contributed by atoms with E-state index in [1.807, 2.05) is 18.2 Å². The average Bonchev–Trinajstić information content (AvgIpc) is 2.60. The van der Waals surface area contributed by atoms with Gasteiger partial charge in [-0.2, -0.15) is 0 Å². The Balaban J connectivity index is 1.68. The van der Waals surface area contributed by atoms with Gasteiger partial charge in [0.05, 0.1) is 18.5 Å². The molecular formula is C19H30N2O2S. The molecule has 0 radical (unpaired) electrons. The zero-order valence-electron chi connectivity index (χ0n) is 14.9. The van der Waals surface area contributed by atoms with Crippen LogP contribution in [-0.2, 0) is 15.3 Å². The number of thioether (sulfide) groups is 1. The van der Waals surface area contributed by atoms with Crippen LogP contribution in [0.1, 0.15) is 25.8 Å². The Labute approximate surface area is 150 Å². The molecule has 1 fully saturated rings. The van der Waals surface area contributed by atoms with Crippen LogP contribution in [0.2, 0.25) is 0 Å². The van der Waals surface area contributed by atoms with E-state index in [-0.39, 0.29) is 11.2 Å². The molecule has 0 bridgehead atoms. The van der Waals surface area contributed by atoms with Gasteiger partial charge < -0.3 is 10.1 Å². The third-order valence-corrected chi connectivity index (χ3v) is 5.81. The summed E-state index contributed by atoms with van der Waals surface area (Å²) in [6.07, 6.45) is 1.000. The van der Waals surface area contributed by atoms with Crippen molar-refractivity contribution in [3.8, 4) is 0 Å². The maximum Gasteiger partial charge on any atom is 0.233 e. The van der Waals surface area contributed by atoms with Gasteiger partial charge in [-0.05, 0) is 24.4 Å². The molecule has 4 nitrogen and oxygen atoms in total. The van der Waals surface area contributed by atoms with Crippen LogP contribution in [0.15, 0.2) is 30.3 Å². The summed E-state index contributed by atoms with van der Waals surface area (Å²) >= 11 is 1.74. The van der Waals surface area contributed by atoms with Gasteiger partial charge in [-0.3, -0.25) is 9.69 Å². The second kappa shape index (κ2) is 10.7. The molecule has 134 valence electrons. The lowest BCUT2D eigenvalue weighted by Gasteiger charge is -2.26. The van der Waals surface area contributed by atoms with Crippen LogP contribution in [-0.4, -0.2) is 55.4 Å². The van der Waals surface area contributed by atoms with Crippen molar-refractivity contribution >= 4 is 17.7 Å². The third kappa shape index (κ3) is 6.83. The first-order valence-corrected chi connectivity index (χ1v) is 9.95. The van der Waals surface area contributed by atoms with Crippen molar-refractivity contribution in [1.82, 2.24) is 10.2 Å². The summed E-state index contributed by atoms with van der Waals surface area (Å²) in [6.45, 7) is 9.71. The van der Waals surface area contributed by atoms with Crippen LogP contribution in [0.4, 0.5) is 0 Å². The van der Waals surface area contributed by atoms with E-state index in [0.29, 0.717) is 5.92 Å². The monoisotopic (exact) mass is 350 g/mol. The third-order valence-electron chi connectivity index (χ3n) is 4.19. The summed E-state index contributed by atoms with van der Waals surface area (Å²) in [5.41, 5.74) is 1.27. The van der Waals surface area contributed by atoms with Crippen molar-refractivity contribution in [2.24, 2.45) is 5.92 Å². The Hall–Kier alpha value is -1.04. The first-order valence-electron chi connectivity index (χ1n) is 8.90. The fraction of sp³-hybridized carbons (Fsp3) is 0.632. The van der Waals surface area contributed by atoms with Gasteiger partial charge in [0.15, 0.2) is 0 Å². The molecule has 0 spiro atoms. The highest BCUT2D eigenvalue weighted by molar-refractivity contribution is 7.99. The molecule has 1 N–H and O–H groups in total. The number of carbonyl (C=O) groups excluding carboxylic acids is 1. The van der Waals surface area contributed by atoms with E-state index < -0.39 is 0 Å². The summed E-state index contributed by atoms with van der Waals surface area (Å²) in [5.74, 6) is 1.39. The van der Waals surface area contributed by atoms with Gasteiger partial charge in [0.25, 0.3) is 0 Å². The van der Waals surface area contributed by atoms with Crippen LogP contribution >= 0.6 is 11.8 Å². The molecule has 0 saturated carbocycles. The Morgan fingerprint density at radius 1 is 1.25 bits per heavy atom. The van der Waals surface area contributed by atoms with E-state index in [4.69, 9.17) is 4.74 Å². The lowest BCUT2D eigenvalue weighted by Crippen LogP contribution is -2.40. The number of nitrogens with zero attached hydrogens (tertiary/aromatic N) is 1. The highest BCUT2D eigenvalue weighted by Gasteiger charge is 2.22. The van der Waals surface area contributed by atoms with Gasteiger partial charge in [-0.1, -0.05) is 44.2 Å². The van der Waals surface area contributed by atoms with Crippen molar-refractivity contribution in [3.63, 3.8) is 0 Å². The predicted molar refractivity (Wildman–Crippen MR) is 101 cm³/mol. The molecular weight excluding hydrogens is 320 g/mol. The Kier molecular flexibility index (Phi) is 8.64. The second-order valence-electron chi connectivity index (χ2n) is 6.56. The van der Waals surface area contributed by atoms with Crippen molar-refractivity contribution < 1.29 is 9.53 Å². The summed E-state index contributed by atoms with van der Waals surface area (Å²) < 4.78 is 5.35. The number of nitrogens with one attached hydrogen (secondary N) is 1. The van der Waals surface area contributed by atoms with Crippen molar-refractivity contribution in [1.29, 1.82) is 0 Å². The molecule has 2 rings (SSSR count). The number of hydrogen-bond acceptors (Lipinski definition) is 4. The van der Waals surface area contributed by atoms with Gasteiger partial charge in [0, 0.05) is 25.4 Å². The number of morpholine rings is 1. The molecule has 1 aliphatic heterocycles. The topological polar surface area (TPSA) is 41.6 Å². The zero-order chi connectivity index (χ0) is 17.2. The molecule has 5 heteroatoms. The fourth-order valence-electron chi connectivity index (χ4n) is 2.77. The quantitative estimate of drug-likeness (QED) is 0.696. The Bertz CT molecular complexity index is 476. The van der Waals surface area contributed by atoms with Crippen LogP contribution < -0.4 is 5.32 Å². The van der Waals surface area contributed by atoms with Gasteiger partial charge in [0.2, 0.25) is 5.91 Å². The number of benzene rings is 1. The molecule has 1 unspecified atom stereocenters. The highest BCUT2D eigenvalue weighted by atomic mass is 32.2. The minimum absolute atomic E-state index is 0.00796. The molecule has 1 atom stereocenters. The smallest absolute Gasteiger partial charge is 0.233 e. The zero-order valence-corrected chi connectivity index (χ0v) is 15.7. The van der Waals surface area contributed by atoms with E-state index >= 15 is 0 Å². The number of rotatable bonds is 9. The summed E-state index contributed by atoms with van der Waals surface area (Å²) in [5, 5.41) is 3.13. The molecule has 0 aromatic heterocycles. The summed E-state index contributed by atoms with van der Waals surface area (Å²) in [6, 6.07) is 10.3. The van der Waals surface area contributed by atoms with Gasteiger partial charge in [-0.15, -0.1) is 11.8 Å². The van der Waals surface area contributed by atoms with Gasteiger partial charge in [-0.25, -0.2) is 0 Å². The molecule has 1 aliphatic rings. The maximum absolute atomic E-state index is 12.5. The normalized spacial score (nSPS) is 17.0. The Morgan fingerprint density at radius 2 is 1.96 bits per heavy atom. The fourth-order valence-corrected chi connectivity index (χ4v) is 3.95. The molecule has 1 amide bonds.